The summed E-state index contributed by atoms with van der Waals surface area (Å²) in [5, 5.41) is 0. The largest absolute Gasteiger partial charge is 0.497 e. The van der Waals surface area contributed by atoms with Gasteiger partial charge in [-0.2, -0.15) is 0 Å². The Bertz CT molecular complexity index is 1100. The van der Waals surface area contributed by atoms with Gasteiger partial charge < -0.3 is 9.64 Å². The van der Waals surface area contributed by atoms with Crippen molar-refractivity contribution in [2.75, 3.05) is 31.0 Å². The Labute approximate surface area is 176 Å². The van der Waals surface area contributed by atoms with Crippen molar-refractivity contribution in [2.24, 2.45) is 0 Å². The lowest BCUT2D eigenvalue weighted by molar-refractivity contribution is 0.0926. The molecule has 0 saturated carbocycles. The lowest BCUT2D eigenvalue weighted by Gasteiger charge is -2.19. The molecule has 0 spiro atoms. The molecule has 152 valence electrons. The van der Waals surface area contributed by atoms with Crippen LogP contribution in [0.15, 0.2) is 66.7 Å². The Morgan fingerprint density at radius 3 is 2.27 bits per heavy atom. The van der Waals surface area contributed by atoms with Gasteiger partial charge in [0, 0.05) is 19.8 Å². The zero-order chi connectivity index (χ0) is 21.3. The Hall–Kier alpha value is -3.60. The van der Waals surface area contributed by atoms with Crippen LogP contribution in [0.4, 0.5) is 11.4 Å². The van der Waals surface area contributed by atoms with Crippen molar-refractivity contribution in [3.63, 3.8) is 0 Å². The molecule has 0 aromatic heterocycles. The van der Waals surface area contributed by atoms with Crippen LogP contribution in [-0.4, -0.2) is 33.0 Å². The molecule has 5 nitrogen and oxygen atoms in total. The molecule has 0 aliphatic carbocycles. The number of fused-ring (bicyclic) bond motifs is 1. The number of carbonyl (C=O) groups excluding carboxylic acids is 2. The minimum atomic E-state index is -0.268. The zero-order valence-corrected chi connectivity index (χ0v) is 17.4. The molecule has 0 atom stereocenters. The van der Waals surface area contributed by atoms with Gasteiger partial charge in [0.25, 0.3) is 11.8 Å². The minimum absolute atomic E-state index is 0.267. The van der Waals surface area contributed by atoms with Crippen LogP contribution in [0.5, 0.6) is 5.75 Å². The van der Waals surface area contributed by atoms with Crippen LogP contribution < -0.4 is 14.5 Å². The highest BCUT2D eigenvalue weighted by Crippen LogP contribution is 2.35. The van der Waals surface area contributed by atoms with E-state index in [0.717, 1.165) is 29.8 Å². The van der Waals surface area contributed by atoms with Gasteiger partial charge in [-0.3, -0.25) is 9.59 Å². The van der Waals surface area contributed by atoms with Crippen LogP contribution in [0.1, 0.15) is 31.8 Å². The molecule has 0 fully saturated rings. The number of ether oxygens (including phenoxy) is 1. The molecule has 2 amide bonds. The highest BCUT2D eigenvalue weighted by atomic mass is 16.5. The molecule has 1 heterocycles. The minimum Gasteiger partial charge on any atom is -0.497 e. The maximum absolute atomic E-state index is 13.3. The normalized spacial score (nSPS) is 12.8. The van der Waals surface area contributed by atoms with Gasteiger partial charge in [0.2, 0.25) is 0 Å². The summed E-state index contributed by atoms with van der Waals surface area (Å²) in [6.45, 7) is 0. The number of amides is 2. The van der Waals surface area contributed by atoms with Crippen molar-refractivity contribution >= 4 is 23.2 Å². The molecule has 0 bridgehead atoms. The van der Waals surface area contributed by atoms with Gasteiger partial charge >= 0.3 is 0 Å². The van der Waals surface area contributed by atoms with E-state index in [9.17, 15) is 9.59 Å². The third kappa shape index (κ3) is 3.43. The number of imide groups is 1. The molecule has 0 saturated heterocycles. The fraction of sp³-hybridized carbons (Fsp3) is 0.200. The second-order valence-electron chi connectivity index (χ2n) is 7.52. The van der Waals surface area contributed by atoms with Gasteiger partial charge in [0.05, 0.1) is 23.9 Å². The van der Waals surface area contributed by atoms with E-state index in [-0.39, 0.29) is 11.8 Å². The first kappa shape index (κ1) is 19.7. The van der Waals surface area contributed by atoms with Crippen molar-refractivity contribution in [1.29, 1.82) is 0 Å². The van der Waals surface area contributed by atoms with Crippen molar-refractivity contribution in [2.45, 2.75) is 12.8 Å². The van der Waals surface area contributed by atoms with Gasteiger partial charge in [-0.1, -0.05) is 36.4 Å². The summed E-state index contributed by atoms with van der Waals surface area (Å²) in [6, 6.07) is 21.0. The van der Waals surface area contributed by atoms with E-state index < -0.39 is 0 Å². The first-order valence-electron chi connectivity index (χ1n) is 9.91. The summed E-state index contributed by atoms with van der Waals surface area (Å²) in [6.07, 6.45) is 1.52. The van der Waals surface area contributed by atoms with Gasteiger partial charge in [-0.05, 0) is 54.3 Å². The molecule has 5 heteroatoms. The van der Waals surface area contributed by atoms with Gasteiger partial charge in [-0.15, -0.1) is 0 Å². The number of anilines is 2. The molecule has 0 N–H and O–H groups in total. The van der Waals surface area contributed by atoms with E-state index >= 15 is 0 Å². The number of rotatable bonds is 6. The highest BCUT2D eigenvalue weighted by Gasteiger charge is 2.39. The summed E-state index contributed by atoms with van der Waals surface area (Å²) >= 11 is 0. The molecule has 3 aromatic rings. The van der Waals surface area contributed by atoms with Crippen molar-refractivity contribution < 1.29 is 14.3 Å². The Morgan fingerprint density at radius 1 is 0.833 bits per heavy atom. The monoisotopic (exact) mass is 400 g/mol. The maximum atomic E-state index is 13.3. The summed E-state index contributed by atoms with van der Waals surface area (Å²) < 4.78 is 5.21. The van der Waals surface area contributed by atoms with E-state index in [1.807, 2.05) is 79.7 Å². The summed E-state index contributed by atoms with van der Waals surface area (Å²) in [7, 11) is 5.40. The van der Waals surface area contributed by atoms with Crippen LogP contribution in [-0.2, 0) is 12.8 Å². The summed E-state index contributed by atoms with van der Waals surface area (Å²) in [5.74, 6) is 0.286. The van der Waals surface area contributed by atoms with Crippen LogP contribution in [0, 0.1) is 0 Å². The van der Waals surface area contributed by atoms with E-state index in [0.29, 0.717) is 16.8 Å². The third-order valence-electron chi connectivity index (χ3n) is 5.45. The Balaban J connectivity index is 1.64. The smallest absolute Gasteiger partial charge is 0.268 e. The number of carbonyl (C=O) groups is 2. The first-order chi connectivity index (χ1) is 14.5. The fourth-order valence-corrected chi connectivity index (χ4v) is 3.87. The molecular weight excluding hydrogens is 376 g/mol. The molecule has 0 radical (unpaired) electrons. The second-order valence-corrected chi connectivity index (χ2v) is 7.52. The number of benzene rings is 3. The van der Waals surface area contributed by atoms with E-state index in [1.165, 1.54) is 10.5 Å². The van der Waals surface area contributed by atoms with Gasteiger partial charge in [0.1, 0.15) is 5.75 Å². The molecule has 1 aliphatic rings. The van der Waals surface area contributed by atoms with E-state index in [1.54, 1.807) is 13.2 Å². The van der Waals surface area contributed by atoms with E-state index in [2.05, 4.69) is 0 Å². The Kier molecular flexibility index (Phi) is 5.27. The van der Waals surface area contributed by atoms with Crippen molar-refractivity contribution in [3.8, 4) is 5.75 Å². The topological polar surface area (TPSA) is 49.9 Å². The van der Waals surface area contributed by atoms with Crippen LogP contribution >= 0.6 is 0 Å². The number of nitrogens with zero attached hydrogens (tertiary/aromatic N) is 2. The van der Waals surface area contributed by atoms with Crippen LogP contribution in [0.2, 0.25) is 0 Å². The SMILES string of the molecule is COc1ccc(CCc2ccccc2N2C(=O)c3cccc(N(C)C)c3C2=O)cc1. The number of hydrogen-bond donors (Lipinski definition) is 0. The van der Waals surface area contributed by atoms with Crippen LogP contribution in [0.25, 0.3) is 0 Å². The zero-order valence-electron chi connectivity index (χ0n) is 17.4. The quantitative estimate of drug-likeness (QED) is 0.578. The Morgan fingerprint density at radius 2 is 1.57 bits per heavy atom. The lowest BCUT2D eigenvalue weighted by atomic mass is 10.0. The van der Waals surface area contributed by atoms with Crippen molar-refractivity contribution in [1.82, 2.24) is 0 Å². The van der Waals surface area contributed by atoms with Gasteiger partial charge in [-0.25, -0.2) is 4.90 Å². The molecule has 1 aliphatic heterocycles. The number of aryl methyl sites for hydroxylation is 2. The van der Waals surface area contributed by atoms with Crippen LogP contribution in [0.3, 0.4) is 0 Å². The maximum Gasteiger partial charge on any atom is 0.268 e. The predicted octanol–water partition coefficient (Wildman–Crippen LogP) is 4.35. The standard InChI is InChI=1S/C25H24N2O3/c1-26(2)22-10-6-8-20-23(22)25(29)27(24(20)28)21-9-5-4-7-18(21)14-11-17-12-15-19(30-3)16-13-17/h4-10,12-13,15-16H,11,14H2,1-3H3. The fourth-order valence-electron chi connectivity index (χ4n) is 3.87. The second kappa shape index (κ2) is 8.03. The average molecular weight is 400 g/mol. The molecule has 4 rings (SSSR count). The molecule has 30 heavy (non-hydrogen) atoms. The van der Waals surface area contributed by atoms with Crippen molar-refractivity contribution in [3.05, 3.63) is 89.0 Å². The highest BCUT2D eigenvalue weighted by molar-refractivity contribution is 6.36. The summed E-state index contributed by atoms with van der Waals surface area (Å²) in [4.78, 5) is 29.6. The number of para-hydroxylation sites is 1. The molecule has 0 unspecified atom stereocenters. The predicted molar refractivity (Wildman–Crippen MR) is 119 cm³/mol. The average Bonchev–Trinajstić information content (AvgIpc) is 3.03. The first-order valence-corrected chi connectivity index (χ1v) is 9.91. The number of methoxy groups -OCH3 is 1. The molecule has 3 aromatic carbocycles. The van der Waals surface area contributed by atoms with E-state index in [4.69, 9.17) is 4.74 Å². The van der Waals surface area contributed by atoms with Gasteiger partial charge in [0.15, 0.2) is 0 Å². The molecular formula is C25H24N2O3. The lowest BCUT2D eigenvalue weighted by Crippen LogP contribution is -2.30. The number of hydrogen-bond acceptors (Lipinski definition) is 4. The summed E-state index contributed by atoms with van der Waals surface area (Å²) in [5.41, 5.74) is 4.47. The third-order valence-corrected chi connectivity index (χ3v) is 5.45.